The summed E-state index contributed by atoms with van der Waals surface area (Å²) in [6.07, 6.45) is 0. The third-order valence-corrected chi connectivity index (χ3v) is 5.57. The Morgan fingerprint density at radius 1 is 1.22 bits per heavy atom. The van der Waals surface area contributed by atoms with Crippen LogP contribution in [0, 0.1) is 0 Å². The minimum absolute atomic E-state index is 0.0564. The summed E-state index contributed by atoms with van der Waals surface area (Å²) in [5, 5.41) is 3.20. The quantitative estimate of drug-likeness (QED) is 0.510. The molecule has 0 radical (unpaired) electrons. The van der Waals surface area contributed by atoms with Crippen LogP contribution in [0.25, 0.3) is 10.2 Å². The van der Waals surface area contributed by atoms with Gasteiger partial charge in [-0.1, -0.05) is 45.5 Å². The Morgan fingerprint density at radius 2 is 2.00 bits per heavy atom. The lowest BCUT2D eigenvalue weighted by Gasteiger charge is -2.03. The van der Waals surface area contributed by atoms with E-state index in [1.807, 2.05) is 24.3 Å². The summed E-state index contributed by atoms with van der Waals surface area (Å²) in [5.41, 5.74) is 6.51. The second-order valence-corrected chi connectivity index (χ2v) is 8.07. The molecular formula is C14H11BrN4O2S2. The van der Waals surface area contributed by atoms with Gasteiger partial charge in [0.25, 0.3) is 10.0 Å². The fourth-order valence-corrected chi connectivity index (χ4v) is 4.23. The van der Waals surface area contributed by atoms with Gasteiger partial charge >= 0.3 is 0 Å². The van der Waals surface area contributed by atoms with E-state index in [0.29, 0.717) is 9.60 Å². The maximum Gasteiger partial charge on any atom is 0.285 e. The molecule has 3 rings (SSSR count). The minimum atomic E-state index is -3.88. The molecule has 1 heterocycles. The van der Waals surface area contributed by atoms with E-state index in [-0.39, 0.29) is 10.9 Å². The summed E-state index contributed by atoms with van der Waals surface area (Å²) in [6, 6.07) is 13.8. The first-order valence-corrected chi connectivity index (χ1v) is 9.48. The Bertz CT molecular complexity index is 966. The predicted octanol–water partition coefficient (Wildman–Crippen LogP) is 3.17. The second kappa shape index (κ2) is 6.26. The van der Waals surface area contributed by atoms with Crippen LogP contribution < -0.4 is 11.1 Å². The molecule has 6 nitrogen and oxygen atoms in total. The van der Waals surface area contributed by atoms with Crippen LogP contribution in [0.1, 0.15) is 0 Å². The summed E-state index contributed by atoms with van der Waals surface area (Å²) in [4.78, 5) is 4.37. The monoisotopic (exact) mass is 410 g/mol. The van der Waals surface area contributed by atoms with Crippen molar-refractivity contribution < 1.29 is 8.42 Å². The van der Waals surface area contributed by atoms with Crippen molar-refractivity contribution in [3.05, 3.63) is 53.0 Å². The first-order chi connectivity index (χ1) is 10.9. The number of nitrogens with one attached hydrogen (secondary N) is 1. The van der Waals surface area contributed by atoms with Gasteiger partial charge in [-0.15, -0.1) is 4.40 Å². The van der Waals surface area contributed by atoms with Crippen molar-refractivity contribution in [1.29, 1.82) is 0 Å². The number of benzene rings is 2. The number of para-hydroxylation sites is 1. The van der Waals surface area contributed by atoms with Gasteiger partial charge in [-0.2, -0.15) is 8.42 Å². The van der Waals surface area contributed by atoms with Crippen LogP contribution in [0.5, 0.6) is 0 Å². The molecule has 0 fully saturated rings. The van der Waals surface area contributed by atoms with Crippen LogP contribution in [-0.2, 0) is 10.0 Å². The molecule has 3 aromatic rings. The van der Waals surface area contributed by atoms with E-state index >= 15 is 0 Å². The zero-order chi connectivity index (χ0) is 16.4. The summed E-state index contributed by atoms with van der Waals surface area (Å²) in [7, 11) is -3.88. The molecule has 0 saturated heterocycles. The van der Waals surface area contributed by atoms with Crippen molar-refractivity contribution in [3.63, 3.8) is 0 Å². The van der Waals surface area contributed by atoms with Gasteiger partial charge in [0.15, 0.2) is 5.13 Å². The molecule has 0 amide bonds. The van der Waals surface area contributed by atoms with Crippen LogP contribution in [0.3, 0.4) is 0 Å². The van der Waals surface area contributed by atoms with Gasteiger partial charge in [-0.25, -0.2) is 4.98 Å². The highest BCUT2D eigenvalue weighted by Crippen LogP contribution is 2.25. The zero-order valence-corrected chi connectivity index (χ0v) is 14.8. The lowest BCUT2D eigenvalue weighted by Crippen LogP contribution is -2.24. The van der Waals surface area contributed by atoms with E-state index in [2.05, 4.69) is 30.6 Å². The van der Waals surface area contributed by atoms with E-state index in [1.54, 1.807) is 12.1 Å². The fraction of sp³-hybridized carbons (Fsp3) is 0. The average molecular weight is 411 g/mol. The number of halogens is 1. The van der Waals surface area contributed by atoms with Crippen LogP contribution >= 0.6 is 27.3 Å². The minimum Gasteiger partial charge on any atom is -0.369 e. The normalized spacial score (nSPS) is 12.5. The number of rotatable bonds is 3. The van der Waals surface area contributed by atoms with Gasteiger partial charge in [-0.3, -0.25) is 0 Å². The first-order valence-electron chi connectivity index (χ1n) is 6.43. The van der Waals surface area contributed by atoms with Crippen LogP contribution in [0.15, 0.2) is 62.3 Å². The topological polar surface area (TPSA) is 97.4 Å². The number of thiazole rings is 1. The van der Waals surface area contributed by atoms with Gasteiger partial charge in [0.05, 0.1) is 15.1 Å². The molecule has 0 unspecified atom stereocenters. The van der Waals surface area contributed by atoms with E-state index in [4.69, 9.17) is 5.73 Å². The SMILES string of the molecule is N/C(=N\S(=O)(=O)c1cccc(Br)c1)Nc1nc2ccccc2s1. The number of nitrogens with zero attached hydrogens (tertiary/aromatic N) is 2. The van der Waals surface area contributed by atoms with Crippen LogP contribution in [0.4, 0.5) is 5.13 Å². The van der Waals surface area contributed by atoms with Crippen molar-refractivity contribution in [2.45, 2.75) is 4.90 Å². The molecule has 0 aliphatic carbocycles. The summed E-state index contributed by atoms with van der Waals surface area (Å²) in [6.45, 7) is 0. The van der Waals surface area contributed by atoms with Crippen molar-refractivity contribution >= 4 is 58.6 Å². The highest BCUT2D eigenvalue weighted by atomic mass is 79.9. The van der Waals surface area contributed by atoms with E-state index in [0.717, 1.165) is 10.2 Å². The lowest BCUT2D eigenvalue weighted by atomic mass is 10.3. The average Bonchev–Trinajstić information content (AvgIpc) is 2.88. The number of sulfonamides is 1. The first kappa shape index (κ1) is 15.9. The number of fused-ring (bicyclic) bond motifs is 1. The molecule has 0 aliphatic heterocycles. The van der Waals surface area contributed by atoms with Gasteiger partial charge in [0.2, 0.25) is 5.96 Å². The molecule has 9 heteroatoms. The Morgan fingerprint density at radius 3 is 2.74 bits per heavy atom. The second-order valence-electron chi connectivity index (χ2n) is 4.52. The van der Waals surface area contributed by atoms with Crippen molar-refractivity contribution in [1.82, 2.24) is 4.98 Å². The van der Waals surface area contributed by atoms with E-state index in [1.165, 1.54) is 23.5 Å². The highest BCUT2D eigenvalue weighted by Gasteiger charge is 2.14. The van der Waals surface area contributed by atoms with E-state index < -0.39 is 10.0 Å². The molecule has 118 valence electrons. The number of anilines is 1. The van der Waals surface area contributed by atoms with Crippen LogP contribution in [0.2, 0.25) is 0 Å². The number of nitrogens with two attached hydrogens (primary N) is 1. The molecule has 1 aromatic heterocycles. The molecule has 0 spiro atoms. The van der Waals surface area contributed by atoms with Crippen molar-refractivity contribution in [2.24, 2.45) is 10.1 Å². The Labute approximate surface area is 145 Å². The van der Waals surface area contributed by atoms with Gasteiger partial charge in [0.1, 0.15) is 0 Å². The fourth-order valence-electron chi connectivity index (χ4n) is 1.87. The molecule has 0 aliphatic rings. The summed E-state index contributed by atoms with van der Waals surface area (Å²) in [5.74, 6) is -0.232. The van der Waals surface area contributed by atoms with Gasteiger partial charge in [0, 0.05) is 4.47 Å². The smallest absolute Gasteiger partial charge is 0.285 e. The summed E-state index contributed by atoms with van der Waals surface area (Å²) >= 11 is 4.59. The number of guanidine groups is 1. The molecule has 3 N–H and O–H groups in total. The third kappa shape index (κ3) is 3.69. The number of hydrogen-bond acceptors (Lipinski definition) is 4. The summed E-state index contributed by atoms with van der Waals surface area (Å²) < 4.78 is 29.6. The maximum atomic E-state index is 12.2. The molecule has 0 bridgehead atoms. The molecule has 0 saturated carbocycles. The third-order valence-electron chi connectivity index (χ3n) is 2.84. The van der Waals surface area contributed by atoms with Gasteiger partial charge in [-0.05, 0) is 30.3 Å². The standard InChI is InChI=1S/C14H11BrN4O2S2/c15-9-4-3-5-10(8-9)23(20,21)19-13(16)18-14-17-11-6-1-2-7-12(11)22-14/h1-8H,(H3,16,17,18,19). The van der Waals surface area contributed by atoms with Crippen molar-refractivity contribution in [2.75, 3.05) is 5.32 Å². The molecule has 2 aromatic carbocycles. The largest absolute Gasteiger partial charge is 0.369 e. The molecule has 23 heavy (non-hydrogen) atoms. The maximum absolute atomic E-state index is 12.2. The Balaban J connectivity index is 1.86. The number of aromatic nitrogens is 1. The van der Waals surface area contributed by atoms with Gasteiger partial charge < -0.3 is 11.1 Å². The molecule has 0 atom stereocenters. The Kier molecular flexibility index (Phi) is 4.33. The van der Waals surface area contributed by atoms with Crippen LogP contribution in [-0.4, -0.2) is 19.4 Å². The Hall–Kier alpha value is -1.97. The predicted molar refractivity (Wildman–Crippen MR) is 96.2 cm³/mol. The zero-order valence-electron chi connectivity index (χ0n) is 11.6. The number of hydrogen-bond donors (Lipinski definition) is 2. The molecular weight excluding hydrogens is 400 g/mol. The van der Waals surface area contributed by atoms with Crippen molar-refractivity contribution in [3.8, 4) is 0 Å². The lowest BCUT2D eigenvalue weighted by molar-refractivity contribution is 0.598. The van der Waals surface area contributed by atoms with E-state index in [9.17, 15) is 8.42 Å². The highest BCUT2D eigenvalue weighted by molar-refractivity contribution is 9.10.